The lowest BCUT2D eigenvalue weighted by Gasteiger charge is -2.16. The zero-order chi connectivity index (χ0) is 14.7. The first-order valence-corrected chi connectivity index (χ1v) is 6.85. The van der Waals surface area contributed by atoms with Gasteiger partial charge in [-0.3, -0.25) is 9.89 Å². The van der Waals surface area contributed by atoms with E-state index in [1.165, 1.54) is 0 Å². The number of aromatic amines is 1. The fourth-order valence-corrected chi connectivity index (χ4v) is 2.32. The molecule has 6 nitrogen and oxygen atoms in total. The van der Waals surface area contributed by atoms with Gasteiger partial charge in [-0.2, -0.15) is 5.10 Å². The first kappa shape index (κ1) is 13.4. The molecule has 3 rings (SSSR count). The normalized spacial score (nSPS) is 10.9. The third-order valence-corrected chi connectivity index (χ3v) is 3.49. The van der Waals surface area contributed by atoms with Crippen molar-refractivity contribution in [1.82, 2.24) is 24.6 Å². The van der Waals surface area contributed by atoms with Crippen LogP contribution in [0, 0.1) is 0 Å². The number of fused-ring (bicyclic) bond motifs is 1. The van der Waals surface area contributed by atoms with Crippen LogP contribution in [0.3, 0.4) is 0 Å². The van der Waals surface area contributed by atoms with E-state index in [-0.39, 0.29) is 5.91 Å². The summed E-state index contributed by atoms with van der Waals surface area (Å²) in [6.07, 6.45) is 5.77. The fraction of sp³-hybridized carbons (Fsp3) is 0.267. The monoisotopic (exact) mass is 283 g/mol. The molecule has 0 spiro atoms. The van der Waals surface area contributed by atoms with Crippen LogP contribution in [0.15, 0.2) is 43.0 Å². The Morgan fingerprint density at radius 1 is 1.38 bits per heavy atom. The zero-order valence-corrected chi connectivity index (χ0v) is 11.9. The lowest BCUT2D eigenvalue weighted by Crippen LogP contribution is -2.26. The average Bonchev–Trinajstić information content (AvgIpc) is 3.14. The van der Waals surface area contributed by atoms with Crippen LogP contribution in [0.25, 0.3) is 11.0 Å². The second-order valence-corrected chi connectivity index (χ2v) is 5.03. The number of aryl methyl sites for hydroxylation is 1. The van der Waals surface area contributed by atoms with Crippen LogP contribution in [0.2, 0.25) is 0 Å². The molecule has 0 saturated heterocycles. The van der Waals surface area contributed by atoms with Crippen molar-refractivity contribution < 1.29 is 4.79 Å². The molecule has 0 atom stereocenters. The molecule has 108 valence electrons. The average molecular weight is 283 g/mol. The summed E-state index contributed by atoms with van der Waals surface area (Å²) < 4.78 is 2.01. The standard InChI is InChI=1S/C15H17N5O/c1-19(10-12-8-17-18-9-12)15(21)6-7-20-11-16-13-4-2-3-5-14(13)20/h2-5,8-9,11H,6-7,10H2,1H3,(H,17,18). The third kappa shape index (κ3) is 2.94. The van der Waals surface area contributed by atoms with Gasteiger partial charge in [0.25, 0.3) is 0 Å². The molecule has 1 amide bonds. The highest BCUT2D eigenvalue weighted by Crippen LogP contribution is 2.12. The third-order valence-electron chi connectivity index (χ3n) is 3.49. The number of amides is 1. The molecule has 2 heterocycles. The maximum atomic E-state index is 12.2. The summed E-state index contributed by atoms with van der Waals surface area (Å²) in [5, 5.41) is 6.63. The van der Waals surface area contributed by atoms with Crippen LogP contribution in [0.4, 0.5) is 0 Å². The molecule has 1 N–H and O–H groups in total. The number of hydrogen-bond acceptors (Lipinski definition) is 3. The highest BCUT2D eigenvalue weighted by Gasteiger charge is 2.11. The summed E-state index contributed by atoms with van der Waals surface area (Å²) in [6.45, 7) is 1.20. The van der Waals surface area contributed by atoms with Gasteiger partial charge in [-0.05, 0) is 12.1 Å². The molecule has 0 saturated carbocycles. The summed E-state index contributed by atoms with van der Waals surface area (Å²) in [5.74, 6) is 0.106. The Labute approximate surface area is 122 Å². The molecule has 6 heteroatoms. The molecule has 1 aromatic carbocycles. The molecule has 2 aromatic heterocycles. The first-order chi connectivity index (χ1) is 10.2. The Kier molecular flexibility index (Phi) is 3.68. The van der Waals surface area contributed by atoms with Crippen LogP contribution >= 0.6 is 0 Å². The topological polar surface area (TPSA) is 66.8 Å². The number of carbonyl (C=O) groups excluding carboxylic acids is 1. The highest BCUT2D eigenvalue weighted by molar-refractivity contribution is 5.77. The van der Waals surface area contributed by atoms with E-state index in [9.17, 15) is 4.79 Å². The Hall–Kier alpha value is -2.63. The maximum absolute atomic E-state index is 12.2. The van der Waals surface area contributed by atoms with Gasteiger partial charge in [-0.25, -0.2) is 4.98 Å². The first-order valence-electron chi connectivity index (χ1n) is 6.85. The van der Waals surface area contributed by atoms with Crippen LogP contribution in [-0.2, 0) is 17.9 Å². The molecule has 21 heavy (non-hydrogen) atoms. The molecule has 3 aromatic rings. The van der Waals surface area contributed by atoms with Gasteiger partial charge in [0.1, 0.15) is 0 Å². The van der Waals surface area contributed by atoms with Crippen LogP contribution < -0.4 is 0 Å². The van der Waals surface area contributed by atoms with Crippen molar-refractivity contribution in [3.05, 3.63) is 48.5 Å². The van der Waals surface area contributed by atoms with Crippen molar-refractivity contribution in [2.24, 2.45) is 0 Å². The summed E-state index contributed by atoms with van der Waals surface area (Å²) in [4.78, 5) is 18.2. The molecule has 0 bridgehead atoms. The summed E-state index contributed by atoms with van der Waals surface area (Å²) in [6, 6.07) is 7.93. The number of rotatable bonds is 5. The highest BCUT2D eigenvalue weighted by atomic mass is 16.2. The molecule has 0 fully saturated rings. The van der Waals surface area contributed by atoms with Crippen LogP contribution in [-0.4, -0.2) is 37.6 Å². The molecule has 0 radical (unpaired) electrons. The van der Waals surface area contributed by atoms with Crippen molar-refractivity contribution in [3.8, 4) is 0 Å². The predicted molar refractivity (Wildman–Crippen MR) is 79.4 cm³/mol. The number of imidazole rings is 1. The zero-order valence-electron chi connectivity index (χ0n) is 11.9. The van der Waals surface area contributed by atoms with Crippen molar-refractivity contribution in [3.63, 3.8) is 0 Å². The van der Waals surface area contributed by atoms with Crippen molar-refractivity contribution in [2.45, 2.75) is 19.5 Å². The van der Waals surface area contributed by atoms with Gasteiger partial charge in [0.15, 0.2) is 0 Å². The second kappa shape index (κ2) is 5.78. The minimum Gasteiger partial charge on any atom is -0.341 e. The van der Waals surface area contributed by atoms with Gasteiger partial charge in [0.2, 0.25) is 5.91 Å². The lowest BCUT2D eigenvalue weighted by atomic mass is 10.3. The Balaban J connectivity index is 1.60. The van der Waals surface area contributed by atoms with Crippen LogP contribution in [0.5, 0.6) is 0 Å². The largest absolute Gasteiger partial charge is 0.341 e. The minimum absolute atomic E-state index is 0.106. The van der Waals surface area contributed by atoms with Crippen LogP contribution in [0.1, 0.15) is 12.0 Å². The van der Waals surface area contributed by atoms with E-state index in [4.69, 9.17) is 0 Å². The molecular weight excluding hydrogens is 266 g/mol. The van der Waals surface area contributed by atoms with E-state index < -0.39 is 0 Å². The SMILES string of the molecule is CN(Cc1cn[nH]c1)C(=O)CCn1cnc2ccccc21. The summed E-state index contributed by atoms with van der Waals surface area (Å²) in [5.41, 5.74) is 3.01. The maximum Gasteiger partial charge on any atom is 0.224 e. The number of nitrogens with zero attached hydrogens (tertiary/aromatic N) is 4. The van der Waals surface area contributed by atoms with Crippen molar-refractivity contribution in [1.29, 1.82) is 0 Å². The number of para-hydroxylation sites is 2. The van der Waals surface area contributed by atoms with E-state index in [1.54, 1.807) is 30.7 Å². The minimum atomic E-state index is 0.106. The van der Waals surface area contributed by atoms with Gasteiger partial charge in [-0.15, -0.1) is 0 Å². The predicted octanol–water partition coefficient (Wildman–Crippen LogP) is 1.81. The molecule has 0 unspecified atom stereocenters. The Morgan fingerprint density at radius 3 is 3.05 bits per heavy atom. The van der Waals surface area contributed by atoms with E-state index >= 15 is 0 Å². The van der Waals surface area contributed by atoms with Crippen molar-refractivity contribution in [2.75, 3.05) is 7.05 Å². The molecule has 0 aliphatic heterocycles. The second-order valence-electron chi connectivity index (χ2n) is 5.03. The smallest absolute Gasteiger partial charge is 0.224 e. The van der Waals surface area contributed by atoms with E-state index in [2.05, 4.69) is 15.2 Å². The fourth-order valence-electron chi connectivity index (χ4n) is 2.32. The van der Waals surface area contributed by atoms with E-state index in [0.29, 0.717) is 19.5 Å². The molecule has 0 aliphatic carbocycles. The number of hydrogen-bond donors (Lipinski definition) is 1. The molecule has 0 aliphatic rings. The van der Waals surface area contributed by atoms with Gasteiger partial charge < -0.3 is 9.47 Å². The molecular formula is C15H17N5O. The van der Waals surface area contributed by atoms with E-state index in [1.807, 2.05) is 28.8 Å². The van der Waals surface area contributed by atoms with Gasteiger partial charge in [0, 0.05) is 38.3 Å². The Morgan fingerprint density at radius 2 is 2.24 bits per heavy atom. The lowest BCUT2D eigenvalue weighted by molar-refractivity contribution is -0.130. The summed E-state index contributed by atoms with van der Waals surface area (Å²) >= 11 is 0. The van der Waals surface area contributed by atoms with Crippen molar-refractivity contribution >= 4 is 16.9 Å². The number of H-pyrrole nitrogens is 1. The van der Waals surface area contributed by atoms with Gasteiger partial charge >= 0.3 is 0 Å². The van der Waals surface area contributed by atoms with Gasteiger partial charge in [0.05, 0.1) is 23.6 Å². The quantitative estimate of drug-likeness (QED) is 0.776. The number of benzene rings is 1. The van der Waals surface area contributed by atoms with Gasteiger partial charge in [-0.1, -0.05) is 12.1 Å². The number of carbonyl (C=O) groups is 1. The summed E-state index contributed by atoms with van der Waals surface area (Å²) in [7, 11) is 1.81. The van der Waals surface area contributed by atoms with E-state index in [0.717, 1.165) is 16.6 Å². The number of nitrogens with one attached hydrogen (secondary N) is 1. The Bertz CT molecular complexity index is 731. The number of aromatic nitrogens is 4.